The molecule has 0 bridgehead atoms. The van der Waals surface area contributed by atoms with Crippen LogP contribution in [0, 0.1) is 6.92 Å². The number of nitrogens with zero attached hydrogens (tertiary/aromatic N) is 5. The van der Waals surface area contributed by atoms with Crippen molar-refractivity contribution in [2.45, 2.75) is 45.3 Å². The van der Waals surface area contributed by atoms with Crippen molar-refractivity contribution in [3.8, 4) is 0 Å². The molecule has 2 aliphatic heterocycles. The maximum atomic E-state index is 13.8. The highest BCUT2D eigenvalue weighted by Crippen LogP contribution is 2.33. The summed E-state index contributed by atoms with van der Waals surface area (Å²) in [6.07, 6.45) is 0. The molecule has 3 aromatic rings. The molecule has 198 valence electrons. The van der Waals surface area contributed by atoms with Gasteiger partial charge in [0, 0.05) is 25.7 Å². The van der Waals surface area contributed by atoms with Gasteiger partial charge >= 0.3 is 0 Å². The van der Waals surface area contributed by atoms with Gasteiger partial charge in [0.15, 0.2) is 16.5 Å². The summed E-state index contributed by atoms with van der Waals surface area (Å²) >= 11 is 1.27. The van der Waals surface area contributed by atoms with E-state index in [-0.39, 0.29) is 23.9 Å². The Bertz CT molecular complexity index is 1290. The van der Waals surface area contributed by atoms with E-state index in [0.29, 0.717) is 53.2 Å². The van der Waals surface area contributed by atoms with Crippen molar-refractivity contribution in [3.63, 3.8) is 0 Å². The van der Waals surface area contributed by atoms with Gasteiger partial charge in [-0.3, -0.25) is 19.8 Å². The second-order valence-corrected chi connectivity index (χ2v) is 11.7. The molecule has 5 rings (SSSR count). The second kappa shape index (κ2) is 10.1. The lowest BCUT2D eigenvalue weighted by atomic mass is 10.1. The summed E-state index contributed by atoms with van der Waals surface area (Å²) in [5.41, 5.74) is 2.15. The van der Waals surface area contributed by atoms with E-state index in [1.165, 1.54) is 11.3 Å². The molecular formula is C26H34N6O4S. The molecule has 2 aliphatic rings. The number of thiazole rings is 1. The molecule has 2 saturated heterocycles. The molecule has 0 aliphatic carbocycles. The van der Waals surface area contributed by atoms with Crippen molar-refractivity contribution in [2.75, 3.05) is 51.9 Å². The van der Waals surface area contributed by atoms with Crippen LogP contribution in [0.1, 0.15) is 47.2 Å². The van der Waals surface area contributed by atoms with Gasteiger partial charge in [-0.15, -0.1) is 0 Å². The number of hydrogen-bond donors (Lipinski definition) is 1. The molecule has 0 unspecified atom stereocenters. The first-order valence-corrected chi connectivity index (χ1v) is 13.4. The Hall–Kier alpha value is -2.86. The number of anilines is 1. The number of amides is 2. The average molecular weight is 527 g/mol. The molecule has 1 N–H and O–H groups in total. The van der Waals surface area contributed by atoms with Crippen LogP contribution >= 0.6 is 11.3 Å². The number of ether oxygens (including phenoxy) is 2. The first kappa shape index (κ1) is 25.8. The van der Waals surface area contributed by atoms with Gasteiger partial charge in [-0.2, -0.15) is 10.1 Å². The standard InChI is InChI=1S/C26H34N6O4S/c1-16-6-8-17(9-7-16)23(33)28-25-27-22-21(37-25)20(29-32(22)26(2,3)4)24(34)30(5)18-14-36-15-19(18)31-10-12-35-13-11-31/h6-9,18-19H,10-15H2,1-5H3,(H,27,28,33)/t18-,19-/m1/s1. The van der Waals surface area contributed by atoms with E-state index in [9.17, 15) is 9.59 Å². The topological polar surface area (TPSA) is 102 Å². The summed E-state index contributed by atoms with van der Waals surface area (Å²) in [5.74, 6) is -0.421. The van der Waals surface area contributed by atoms with Crippen LogP contribution in [-0.2, 0) is 15.0 Å². The van der Waals surface area contributed by atoms with Gasteiger partial charge in [0.05, 0.1) is 44.1 Å². The van der Waals surface area contributed by atoms with Gasteiger partial charge in [-0.05, 0) is 39.8 Å². The van der Waals surface area contributed by atoms with Crippen LogP contribution in [0.4, 0.5) is 5.13 Å². The lowest BCUT2D eigenvalue weighted by molar-refractivity contribution is 0.00362. The van der Waals surface area contributed by atoms with E-state index in [1.54, 1.807) is 21.7 Å². The number of carbonyl (C=O) groups excluding carboxylic acids is 2. The highest BCUT2D eigenvalue weighted by Gasteiger charge is 2.40. The molecule has 11 heteroatoms. The summed E-state index contributed by atoms with van der Waals surface area (Å²) in [7, 11) is 1.82. The summed E-state index contributed by atoms with van der Waals surface area (Å²) in [5, 5.41) is 8.05. The fourth-order valence-corrected chi connectivity index (χ4v) is 5.73. The summed E-state index contributed by atoms with van der Waals surface area (Å²) in [6.45, 7) is 12.1. The molecule has 2 amide bonds. The lowest BCUT2D eigenvalue weighted by Crippen LogP contribution is -2.54. The zero-order valence-corrected chi connectivity index (χ0v) is 22.8. The number of aromatic nitrogens is 3. The van der Waals surface area contributed by atoms with Crippen LogP contribution < -0.4 is 5.32 Å². The van der Waals surface area contributed by atoms with Crippen molar-refractivity contribution in [1.82, 2.24) is 24.6 Å². The number of nitrogens with one attached hydrogen (secondary N) is 1. The molecule has 4 heterocycles. The van der Waals surface area contributed by atoms with Gasteiger partial charge in [0.1, 0.15) is 4.70 Å². The van der Waals surface area contributed by atoms with Crippen LogP contribution in [0.5, 0.6) is 0 Å². The van der Waals surface area contributed by atoms with E-state index in [4.69, 9.17) is 14.6 Å². The van der Waals surface area contributed by atoms with Crippen LogP contribution in [0.3, 0.4) is 0 Å². The minimum absolute atomic E-state index is 0.0888. The normalized spacial score (nSPS) is 20.9. The predicted molar refractivity (Wildman–Crippen MR) is 142 cm³/mol. The van der Waals surface area contributed by atoms with Gasteiger partial charge in [-0.1, -0.05) is 29.0 Å². The maximum Gasteiger partial charge on any atom is 0.276 e. The Balaban J connectivity index is 1.44. The van der Waals surface area contributed by atoms with E-state index >= 15 is 0 Å². The van der Waals surface area contributed by atoms with Crippen LogP contribution in [0.2, 0.25) is 0 Å². The minimum Gasteiger partial charge on any atom is -0.379 e. The molecule has 10 nitrogen and oxygen atoms in total. The summed E-state index contributed by atoms with van der Waals surface area (Å²) in [4.78, 5) is 35.4. The maximum absolute atomic E-state index is 13.8. The quantitative estimate of drug-likeness (QED) is 0.545. The molecular weight excluding hydrogens is 492 g/mol. The molecule has 37 heavy (non-hydrogen) atoms. The Kier molecular flexibility index (Phi) is 7.06. The molecule has 1 aromatic carbocycles. The predicted octanol–water partition coefficient (Wildman–Crippen LogP) is 2.98. The highest BCUT2D eigenvalue weighted by atomic mass is 32.1. The molecule has 2 atom stereocenters. The van der Waals surface area contributed by atoms with Crippen molar-refractivity contribution < 1.29 is 19.1 Å². The SMILES string of the molecule is Cc1ccc(C(=O)Nc2nc3c(s2)c(C(=O)N(C)[C@@H]2COC[C@H]2N2CCOCC2)nn3C(C)(C)C)cc1. The second-order valence-electron chi connectivity index (χ2n) is 10.7. The number of carbonyl (C=O) groups is 2. The van der Waals surface area contributed by atoms with Crippen molar-refractivity contribution in [1.29, 1.82) is 0 Å². The number of fused-ring (bicyclic) bond motifs is 1. The summed E-state index contributed by atoms with van der Waals surface area (Å²) < 4.78 is 13.8. The van der Waals surface area contributed by atoms with Crippen molar-refractivity contribution >= 4 is 38.6 Å². The fourth-order valence-electron chi connectivity index (χ4n) is 4.82. The number of hydrogen-bond acceptors (Lipinski definition) is 8. The van der Waals surface area contributed by atoms with Crippen molar-refractivity contribution in [3.05, 3.63) is 41.1 Å². The Morgan fingerprint density at radius 2 is 1.81 bits per heavy atom. The summed E-state index contributed by atoms with van der Waals surface area (Å²) in [6, 6.07) is 7.39. The molecule has 2 fully saturated rings. The van der Waals surface area contributed by atoms with Crippen LogP contribution in [0.15, 0.2) is 24.3 Å². The Labute approximate surface area is 220 Å². The van der Waals surface area contributed by atoms with Gasteiger partial charge in [0.25, 0.3) is 11.8 Å². The third-order valence-electron chi connectivity index (χ3n) is 6.95. The third kappa shape index (κ3) is 5.13. The highest BCUT2D eigenvalue weighted by molar-refractivity contribution is 7.22. The number of rotatable bonds is 5. The van der Waals surface area contributed by atoms with Crippen molar-refractivity contribution in [2.24, 2.45) is 0 Å². The Morgan fingerprint density at radius 3 is 2.49 bits per heavy atom. The number of benzene rings is 1. The lowest BCUT2D eigenvalue weighted by Gasteiger charge is -2.37. The smallest absolute Gasteiger partial charge is 0.276 e. The molecule has 0 spiro atoms. The van der Waals surface area contributed by atoms with Crippen LogP contribution in [-0.4, -0.2) is 95.0 Å². The molecule has 2 aromatic heterocycles. The van der Waals surface area contributed by atoms with E-state index in [0.717, 1.165) is 18.7 Å². The number of morpholine rings is 1. The first-order valence-electron chi connectivity index (χ1n) is 12.6. The Morgan fingerprint density at radius 1 is 1.11 bits per heavy atom. The molecule has 0 radical (unpaired) electrons. The number of likely N-dealkylation sites (N-methyl/N-ethyl adjacent to an activating group) is 1. The largest absolute Gasteiger partial charge is 0.379 e. The monoisotopic (exact) mass is 526 g/mol. The van der Waals surface area contributed by atoms with Crippen LogP contribution in [0.25, 0.3) is 10.3 Å². The fraction of sp³-hybridized carbons (Fsp3) is 0.538. The van der Waals surface area contributed by atoms with E-state index in [2.05, 4.69) is 15.2 Å². The van der Waals surface area contributed by atoms with E-state index < -0.39 is 5.54 Å². The average Bonchev–Trinajstić information content (AvgIpc) is 3.59. The number of aryl methyl sites for hydroxylation is 1. The van der Waals surface area contributed by atoms with Gasteiger partial charge in [0.2, 0.25) is 0 Å². The van der Waals surface area contributed by atoms with Gasteiger partial charge in [-0.25, -0.2) is 4.68 Å². The molecule has 0 saturated carbocycles. The third-order valence-corrected chi connectivity index (χ3v) is 7.92. The van der Waals surface area contributed by atoms with E-state index in [1.807, 2.05) is 46.9 Å². The minimum atomic E-state index is -0.408. The van der Waals surface area contributed by atoms with Gasteiger partial charge < -0.3 is 14.4 Å². The zero-order chi connectivity index (χ0) is 26.3. The first-order chi connectivity index (χ1) is 17.6. The zero-order valence-electron chi connectivity index (χ0n) is 22.0.